The van der Waals surface area contributed by atoms with Crippen molar-refractivity contribution in [2.75, 3.05) is 40.4 Å². The molecule has 0 amide bonds. The molecule has 1 aliphatic heterocycles. The summed E-state index contributed by atoms with van der Waals surface area (Å²) in [5, 5.41) is 11.5. The maximum atomic E-state index is 11.5. The highest BCUT2D eigenvalue weighted by molar-refractivity contribution is 5.54. The zero-order valence-electron chi connectivity index (χ0n) is 16.7. The molecule has 0 aliphatic carbocycles. The first-order valence-corrected chi connectivity index (χ1v) is 9.40. The lowest BCUT2D eigenvalue weighted by Gasteiger charge is -2.35. The zero-order chi connectivity index (χ0) is 20.1. The van der Waals surface area contributed by atoms with Gasteiger partial charge in [0, 0.05) is 44.8 Å². The standard InChI is InChI=1S/C21H27N3O4/c1-16-6-4-5-7-17(16)14-22-8-10-23(11-9-22)15-18-12-20(27-2)21(28-3)13-19(18)24(25)26/h4-7,12-13H,8-11,14-15H2,1-3H3. The largest absolute Gasteiger partial charge is 0.493 e. The van der Waals surface area contributed by atoms with Crippen molar-refractivity contribution in [3.05, 3.63) is 63.2 Å². The second-order valence-corrected chi connectivity index (χ2v) is 7.07. The summed E-state index contributed by atoms with van der Waals surface area (Å²) in [7, 11) is 3.02. The SMILES string of the molecule is COc1cc(CN2CCN(Cc3ccccc3C)CC2)c([N+](=O)[O-])cc1OC. The van der Waals surface area contributed by atoms with E-state index < -0.39 is 0 Å². The van der Waals surface area contributed by atoms with Crippen molar-refractivity contribution in [2.45, 2.75) is 20.0 Å². The van der Waals surface area contributed by atoms with Crippen LogP contribution in [0, 0.1) is 17.0 Å². The number of aryl methyl sites for hydroxylation is 1. The quantitative estimate of drug-likeness (QED) is 0.538. The highest BCUT2D eigenvalue weighted by Gasteiger charge is 2.24. The Morgan fingerprint density at radius 2 is 1.46 bits per heavy atom. The van der Waals surface area contributed by atoms with Gasteiger partial charge in [-0.3, -0.25) is 19.9 Å². The minimum atomic E-state index is -0.355. The van der Waals surface area contributed by atoms with Crippen molar-refractivity contribution < 1.29 is 14.4 Å². The Labute approximate surface area is 165 Å². The Hall–Kier alpha value is -2.64. The van der Waals surface area contributed by atoms with Crippen LogP contribution < -0.4 is 9.47 Å². The molecule has 7 heteroatoms. The molecule has 2 aromatic carbocycles. The van der Waals surface area contributed by atoms with Crippen LogP contribution in [-0.4, -0.2) is 55.1 Å². The summed E-state index contributed by atoms with van der Waals surface area (Å²) < 4.78 is 10.5. The number of hydrogen-bond donors (Lipinski definition) is 0. The molecule has 2 aromatic rings. The van der Waals surface area contributed by atoms with E-state index in [1.807, 2.05) is 0 Å². The van der Waals surface area contributed by atoms with E-state index in [0.29, 0.717) is 23.6 Å². The van der Waals surface area contributed by atoms with Gasteiger partial charge < -0.3 is 9.47 Å². The van der Waals surface area contributed by atoms with Gasteiger partial charge in [-0.1, -0.05) is 24.3 Å². The third-order valence-corrected chi connectivity index (χ3v) is 5.30. The van der Waals surface area contributed by atoms with Gasteiger partial charge in [0.2, 0.25) is 0 Å². The third kappa shape index (κ3) is 4.61. The molecule has 1 saturated heterocycles. The van der Waals surface area contributed by atoms with Crippen LogP contribution >= 0.6 is 0 Å². The van der Waals surface area contributed by atoms with Gasteiger partial charge in [-0.05, 0) is 24.1 Å². The van der Waals surface area contributed by atoms with Crippen molar-refractivity contribution in [1.29, 1.82) is 0 Å². The zero-order valence-corrected chi connectivity index (χ0v) is 16.7. The lowest BCUT2D eigenvalue weighted by atomic mass is 10.1. The summed E-state index contributed by atoms with van der Waals surface area (Å²) in [6, 6.07) is 11.6. The van der Waals surface area contributed by atoms with E-state index in [0.717, 1.165) is 32.7 Å². The fourth-order valence-electron chi connectivity index (χ4n) is 3.58. The van der Waals surface area contributed by atoms with Crippen molar-refractivity contribution in [3.63, 3.8) is 0 Å². The van der Waals surface area contributed by atoms with Crippen LogP contribution in [-0.2, 0) is 13.1 Å². The van der Waals surface area contributed by atoms with E-state index in [9.17, 15) is 10.1 Å². The van der Waals surface area contributed by atoms with Crippen LogP contribution in [0.5, 0.6) is 11.5 Å². The van der Waals surface area contributed by atoms with Gasteiger partial charge in [0.05, 0.1) is 25.2 Å². The van der Waals surface area contributed by atoms with Crippen molar-refractivity contribution in [2.24, 2.45) is 0 Å². The predicted molar refractivity (Wildman–Crippen MR) is 108 cm³/mol. The van der Waals surface area contributed by atoms with Crippen molar-refractivity contribution >= 4 is 5.69 Å². The molecule has 1 aliphatic rings. The maximum absolute atomic E-state index is 11.5. The topological polar surface area (TPSA) is 68.1 Å². The average molecular weight is 385 g/mol. The van der Waals surface area contributed by atoms with Crippen LogP contribution in [0.4, 0.5) is 5.69 Å². The number of hydrogen-bond acceptors (Lipinski definition) is 6. The third-order valence-electron chi connectivity index (χ3n) is 5.30. The number of nitro groups is 1. The number of nitrogens with zero attached hydrogens (tertiary/aromatic N) is 3. The molecule has 7 nitrogen and oxygen atoms in total. The molecule has 0 N–H and O–H groups in total. The Morgan fingerprint density at radius 1 is 0.929 bits per heavy atom. The van der Waals surface area contributed by atoms with E-state index in [4.69, 9.17) is 9.47 Å². The van der Waals surface area contributed by atoms with Gasteiger partial charge in [0.25, 0.3) is 5.69 Å². The molecule has 0 atom stereocenters. The summed E-state index contributed by atoms with van der Waals surface area (Å²) in [4.78, 5) is 15.8. The van der Waals surface area contributed by atoms with Crippen LogP contribution in [0.1, 0.15) is 16.7 Å². The highest BCUT2D eigenvalue weighted by Crippen LogP contribution is 2.35. The molecule has 0 bridgehead atoms. The fourth-order valence-corrected chi connectivity index (χ4v) is 3.58. The molecule has 150 valence electrons. The Bertz CT molecular complexity index is 832. The number of piperazine rings is 1. The minimum absolute atomic E-state index is 0.0694. The number of rotatable bonds is 7. The van der Waals surface area contributed by atoms with Crippen LogP contribution in [0.25, 0.3) is 0 Å². The van der Waals surface area contributed by atoms with E-state index in [2.05, 4.69) is 41.0 Å². The van der Waals surface area contributed by atoms with Gasteiger partial charge >= 0.3 is 0 Å². The van der Waals surface area contributed by atoms with E-state index in [1.165, 1.54) is 31.4 Å². The number of benzene rings is 2. The Kier molecular flexibility index (Phi) is 6.49. The fraction of sp³-hybridized carbons (Fsp3) is 0.429. The van der Waals surface area contributed by atoms with Crippen molar-refractivity contribution in [1.82, 2.24) is 9.80 Å². The van der Waals surface area contributed by atoms with Gasteiger partial charge in [-0.25, -0.2) is 0 Å². The normalized spacial score (nSPS) is 15.4. The van der Waals surface area contributed by atoms with E-state index >= 15 is 0 Å². The van der Waals surface area contributed by atoms with Crippen molar-refractivity contribution in [3.8, 4) is 11.5 Å². The molecule has 1 fully saturated rings. The Morgan fingerprint density at radius 3 is 2.00 bits per heavy atom. The Balaban J connectivity index is 1.66. The van der Waals surface area contributed by atoms with Gasteiger partial charge in [0.1, 0.15) is 0 Å². The summed E-state index contributed by atoms with van der Waals surface area (Å²) in [5.41, 5.74) is 3.38. The second-order valence-electron chi connectivity index (χ2n) is 7.07. The molecule has 0 radical (unpaired) electrons. The first kappa shape index (κ1) is 20.1. The molecule has 3 rings (SSSR count). The van der Waals surface area contributed by atoms with Crippen LogP contribution in [0.15, 0.2) is 36.4 Å². The first-order valence-electron chi connectivity index (χ1n) is 9.40. The summed E-state index contributed by atoms with van der Waals surface area (Å²) >= 11 is 0. The van der Waals surface area contributed by atoms with Gasteiger partial charge in [-0.2, -0.15) is 0 Å². The number of nitro benzene ring substituents is 1. The molecule has 0 aromatic heterocycles. The number of ether oxygens (including phenoxy) is 2. The summed E-state index contributed by atoms with van der Waals surface area (Å²) in [6.07, 6.45) is 0. The average Bonchev–Trinajstić information content (AvgIpc) is 2.70. The lowest BCUT2D eigenvalue weighted by molar-refractivity contribution is -0.385. The molecular formula is C21H27N3O4. The summed E-state index contributed by atoms with van der Waals surface area (Å²) in [6.45, 7) is 7.23. The smallest absolute Gasteiger partial charge is 0.277 e. The lowest BCUT2D eigenvalue weighted by Crippen LogP contribution is -2.45. The van der Waals surface area contributed by atoms with Crippen LogP contribution in [0.3, 0.4) is 0 Å². The minimum Gasteiger partial charge on any atom is -0.493 e. The molecule has 0 saturated carbocycles. The van der Waals surface area contributed by atoms with E-state index in [1.54, 1.807) is 6.07 Å². The molecular weight excluding hydrogens is 358 g/mol. The highest BCUT2D eigenvalue weighted by atomic mass is 16.6. The molecule has 0 unspecified atom stereocenters. The first-order chi connectivity index (χ1) is 13.5. The predicted octanol–water partition coefficient (Wildman–Crippen LogP) is 3.24. The maximum Gasteiger partial charge on any atom is 0.277 e. The molecule has 28 heavy (non-hydrogen) atoms. The van der Waals surface area contributed by atoms with Crippen LogP contribution in [0.2, 0.25) is 0 Å². The monoisotopic (exact) mass is 385 g/mol. The molecule has 1 heterocycles. The van der Waals surface area contributed by atoms with Gasteiger partial charge in [0.15, 0.2) is 11.5 Å². The van der Waals surface area contributed by atoms with E-state index in [-0.39, 0.29) is 10.6 Å². The second kappa shape index (κ2) is 9.03. The summed E-state index contributed by atoms with van der Waals surface area (Å²) in [5.74, 6) is 0.891. The number of methoxy groups -OCH3 is 2. The van der Waals surface area contributed by atoms with Gasteiger partial charge in [-0.15, -0.1) is 0 Å². The molecule has 0 spiro atoms.